The Morgan fingerprint density at radius 1 is 1.22 bits per heavy atom. The molecule has 0 radical (unpaired) electrons. The number of carbonyl (C=O) groups excluding carboxylic acids is 1. The molecule has 0 atom stereocenters. The second-order valence-electron chi connectivity index (χ2n) is 4.71. The number of rotatable bonds is 4. The summed E-state index contributed by atoms with van der Waals surface area (Å²) in [5, 5.41) is 6.19. The van der Waals surface area contributed by atoms with Gasteiger partial charge in [0.1, 0.15) is 10.8 Å². The van der Waals surface area contributed by atoms with Crippen LogP contribution >= 0.6 is 22.9 Å². The van der Waals surface area contributed by atoms with Gasteiger partial charge >= 0.3 is 0 Å². The van der Waals surface area contributed by atoms with Gasteiger partial charge in [0.2, 0.25) is 0 Å². The molecular formula is C17H13ClN2O2S. The summed E-state index contributed by atoms with van der Waals surface area (Å²) in [6.45, 7) is 0. The van der Waals surface area contributed by atoms with Gasteiger partial charge in [-0.2, -0.15) is 0 Å². The average molecular weight is 345 g/mol. The first-order valence-corrected chi connectivity index (χ1v) is 8.08. The molecule has 0 bridgehead atoms. The van der Waals surface area contributed by atoms with Crippen LogP contribution < -0.4 is 10.1 Å². The molecule has 2 aromatic carbocycles. The molecule has 4 nitrogen and oxygen atoms in total. The van der Waals surface area contributed by atoms with Gasteiger partial charge in [-0.1, -0.05) is 11.6 Å². The minimum atomic E-state index is -0.272. The lowest BCUT2D eigenvalue weighted by Crippen LogP contribution is -2.13. The van der Waals surface area contributed by atoms with Crippen LogP contribution in [0.2, 0.25) is 5.02 Å². The van der Waals surface area contributed by atoms with Crippen molar-refractivity contribution < 1.29 is 9.53 Å². The Morgan fingerprint density at radius 3 is 2.65 bits per heavy atom. The second-order valence-corrected chi connectivity index (χ2v) is 6.04. The average Bonchev–Trinajstić information content (AvgIpc) is 3.10. The van der Waals surface area contributed by atoms with E-state index in [0.29, 0.717) is 22.0 Å². The molecule has 1 amide bonds. The van der Waals surface area contributed by atoms with Gasteiger partial charge in [-0.05, 0) is 42.5 Å². The van der Waals surface area contributed by atoms with Crippen LogP contribution in [0.25, 0.3) is 10.6 Å². The number of methoxy groups -OCH3 is 1. The van der Waals surface area contributed by atoms with E-state index in [0.717, 1.165) is 10.6 Å². The van der Waals surface area contributed by atoms with Crippen molar-refractivity contribution in [1.29, 1.82) is 0 Å². The molecule has 0 saturated heterocycles. The lowest BCUT2D eigenvalue weighted by atomic mass is 10.1. The summed E-state index contributed by atoms with van der Waals surface area (Å²) in [4.78, 5) is 16.7. The molecule has 1 heterocycles. The van der Waals surface area contributed by atoms with Crippen LogP contribution in [0.15, 0.2) is 54.0 Å². The van der Waals surface area contributed by atoms with Gasteiger partial charge in [0.25, 0.3) is 5.91 Å². The van der Waals surface area contributed by atoms with E-state index in [2.05, 4.69) is 10.3 Å². The zero-order valence-corrected chi connectivity index (χ0v) is 13.8. The molecule has 0 aliphatic rings. The van der Waals surface area contributed by atoms with Crippen molar-refractivity contribution in [3.63, 3.8) is 0 Å². The Morgan fingerprint density at radius 2 is 2.00 bits per heavy atom. The molecule has 23 heavy (non-hydrogen) atoms. The molecule has 116 valence electrons. The molecule has 1 N–H and O–H groups in total. The number of anilines is 1. The third-order valence-electron chi connectivity index (χ3n) is 3.23. The number of hydrogen-bond donors (Lipinski definition) is 1. The van der Waals surface area contributed by atoms with Crippen LogP contribution in [0.1, 0.15) is 10.4 Å². The molecule has 0 fully saturated rings. The molecule has 0 unspecified atom stereocenters. The standard InChI is InChI=1S/C17H13ClN2O2S/c1-22-15-7-4-12(18)10-14(15)16(21)20-13-5-2-11(3-6-13)17-19-8-9-23-17/h2-10H,1H3,(H,20,21). The van der Waals surface area contributed by atoms with Crippen molar-refractivity contribution >= 4 is 34.5 Å². The number of hydrogen-bond acceptors (Lipinski definition) is 4. The molecule has 1 aromatic heterocycles. The van der Waals surface area contributed by atoms with Gasteiger partial charge in [-0.3, -0.25) is 4.79 Å². The third kappa shape index (κ3) is 3.52. The summed E-state index contributed by atoms with van der Waals surface area (Å²) in [6, 6.07) is 12.5. The number of nitrogens with one attached hydrogen (secondary N) is 1. The van der Waals surface area contributed by atoms with E-state index in [1.54, 1.807) is 35.7 Å². The lowest BCUT2D eigenvalue weighted by Gasteiger charge is -2.10. The van der Waals surface area contributed by atoms with Crippen LogP contribution in [0.5, 0.6) is 5.75 Å². The molecule has 0 aliphatic heterocycles. The van der Waals surface area contributed by atoms with Crippen LogP contribution in [-0.4, -0.2) is 18.0 Å². The Kier molecular flexibility index (Phi) is 4.60. The predicted molar refractivity (Wildman–Crippen MR) is 93.5 cm³/mol. The van der Waals surface area contributed by atoms with Crippen molar-refractivity contribution in [2.45, 2.75) is 0 Å². The zero-order valence-electron chi connectivity index (χ0n) is 12.2. The maximum Gasteiger partial charge on any atom is 0.259 e. The van der Waals surface area contributed by atoms with Crippen molar-refractivity contribution in [3.05, 3.63) is 64.6 Å². The van der Waals surface area contributed by atoms with Crippen LogP contribution in [0.4, 0.5) is 5.69 Å². The van der Waals surface area contributed by atoms with Gasteiger partial charge in [-0.15, -0.1) is 11.3 Å². The topological polar surface area (TPSA) is 51.2 Å². The predicted octanol–water partition coefficient (Wildman–Crippen LogP) is 4.72. The molecule has 6 heteroatoms. The number of thiazole rings is 1. The second kappa shape index (κ2) is 6.81. The number of nitrogens with zero attached hydrogens (tertiary/aromatic N) is 1. The maximum atomic E-state index is 12.4. The summed E-state index contributed by atoms with van der Waals surface area (Å²) in [7, 11) is 1.52. The number of aromatic nitrogens is 1. The molecular weight excluding hydrogens is 332 g/mol. The number of carbonyl (C=O) groups is 1. The van der Waals surface area contributed by atoms with Crippen LogP contribution in [0, 0.1) is 0 Å². The third-order valence-corrected chi connectivity index (χ3v) is 4.29. The first-order chi connectivity index (χ1) is 11.2. The van der Waals surface area contributed by atoms with E-state index in [9.17, 15) is 4.79 Å². The smallest absolute Gasteiger partial charge is 0.259 e. The van der Waals surface area contributed by atoms with Gasteiger partial charge < -0.3 is 10.1 Å². The van der Waals surface area contributed by atoms with Gasteiger partial charge in [0, 0.05) is 27.9 Å². The highest BCUT2D eigenvalue weighted by atomic mass is 35.5. The summed E-state index contributed by atoms with van der Waals surface area (Å²) in [5.41, 5.74) is 2.10. The first kappa shape index (κ1) is 15.5. The van der Waals surface area contributed by atoms with Crippen molar-refractivity contribution in [1.82, 2.24) is 4.98 Å². The largest absolute Gasteiger partial charge is 0.496 e. The highest BCUT2D eigenvalue weighted by Crippen LogP contribution is 2.25. The molecule has 3 aromatic rings. The summed E-state index contributed by atoms with van der Waals surface area (Å²) in [6.07, 6.45) is 1.76. The normalized spacial score (nSPS) is 10.3. The van der Waals surface area contributed by atoms with E-state index in [1.807, 2.05) is 29.6 Å². The van der Waals surface area contributed by atoms with Crippen molar-refractivity contribution in [3.8, 4) is 16.3 Å². The Hall–Kier alpha value is -2.37. The summed E-state index contributed by atoms with van der Waals surface area (Å²) in [5.74, 6) is 0.206. The monoisotopic (exact) mass is 344 g/mol. The zero-order chi connectivity index (χ0) is 16.2. The fraction of sp³-hybridized carbons (Fsp3) is 0.0588. The number of amides is 1. The van der Waals surface area contributed by atoms with E-state index in [-0.39, 0.29) is 5.91 Å². The number of ether oxygens (including phenoxy) is 1. The Balaban J connectivity index is 1.79. The van der Waals surface area contributed by atoms with Gasteiger partial charge in [0.15, 0.2) is 0 Å². The SMILES string of the molecule is COc1ccc(Cl)cc1C(=O)Nc1ccc(-c2nccs2)cc1. The van der Waals surface area contributed by atoms with E-state index in [4.69, 9.17) is 16.3 Å². The van der Waals surface area contributed by atoms with E-state index >= 15 is 0 Å². The molecule has 3 rings (SSSR count). The Labute approximate surface area is 142 Å². The van der Waals surface area contributed by atoms with Gasteiger partial charge in [0.05, 0.1) is 12.7 Å². The fourth-order valence-electron chi connectivity index (χ4n) is 2.12. The van der Waals surface area contributed by atoms with Crippen LogP contribution in [-0.2, 0) is 0 Å². The molecule has 0 spiro atoms. The van der Waals surface area contributed by atoms with E-state index in [1.165, 1.54) is 7.11 Å². The summed E-state index contributed by atoms with van der Waals surface area (Å²) < 4.78 is 5.20. The van der Waals surface area contributed by atoms with E-state index < -0.39 is 0 Å². The number of benzene rings is 2. The summed E-state index contributed by atoms with van der Waals surface area (Å²) >= 11 is 7.53. The fourth-order valence-corrected chi connectivity index (χ4v) is 2.93. The van der Waals surface area contributed by atoms with Crippen molar-refractivity contribution in [2.75, 3.05) is 12.4 Å². The van der Waals surface area contributed by atoms with Crippen molar-refractivity contribution in [2.24, 2.45) is 0 Å². The highest BCUT2D eigenvalue weighted by molar-refractivity contribution is 7.13. The quantitative estimate of drug-likeness (QED) is 0.744. The maximum absolute atomic E-state index is 12.4. The Bertz CT molecular complexity index is 817. The first-order valence-electron chi connectivity index (χ1n) is 6.82. The van der Waals surface area contributed by atoms with Gasteiger partial charge in [-0.25, -0.2) is 4.98 Å². The minimum Gasteiger partial charge on any atom is -0.496 e. The molecule has 0 aliphatic carbocycles. The lowest BCUT2D eigenvalue weighted by molar-refractivity contribution is 0.102. The molecule has 0 saturated carbocycles. The minimum absolute atomic E-state index is 0.272. The van der Waals surface area contributed by atoms with Crippen LogP contribution in [0.3, 0.4) is 0 Å². The number of halogens is 1. The highest BCUT2D eigenvalue weighted by Gasteiger charge is 2.13.